The van der Waals surface area contributed by atoms with Crippen LogP contribution in [0, 0.1) is 11.8 Å². The summed E-state index contributed by atoms with van der Waals surface area (Å²) in [4.78, 5) is 12.0. The highest BCUT2D eigenvalue weighted by molar-refractivity contribution is 5.81. The Bertz CT molecular complexity index is 903. The summed E-state index contributed by atoms with van der Waals surface area (Å²) in [6.07, 6.45) is 1.93. The number of alkyl halides is 3. The minimum absolute atomic E-state index is 0.486. The van der Waals surface area contributed by atoms with E-state index in [1.807, 2.05) is 18.2 Å². The number of ether oxygens (including phenoxy) is 2. The molecule has 1 heterocycles. The second kappa shape index (κ2) is 17.1. The maximum Gasteiger partial charge on any atom is 0.449 e. The number of likely N-dealkylation sites (tertiary alicyclic amines) is 1. The molecule has 1 unspecified atom stereocenters. The number of carbonyl (C=O) groups excluding carboxylic acids is 1. The Labute approximate surface area is 221 Å². The van der Waals surface area contributed by atoms with E-state index in [1.165, 1.54) is 49.9 Å². The first-order chi connectivity index (χ1) is 17.5. The molecule has 2 aromatic carbocycles. The number of benzene rings is 2. The van der Waals surface area contributed by atoms with Crippen LogP contribution >= 0.6 is 0 Å². The highest BCUT2D eigenvalue weighted by atomic mass is 19.4. The van der Waals surface area contributed by atoms with E-state index < -0.39 is 12.0 Å². The van der Waals surface area contributed by atoms with Gasteiger partial charge in [-0.15, -0.1) is 0 Å². The number of piperidine rings is 1. The Morgan fingerprint density at radius 1 is 1.05 bits per heavy atom. The van der Waals surface area contributed by atoms with Crippen LogP contribution < -0.4 is 9.47 Å². The van der Waals surface area contributed by atoms with Crippen LogP contribution in [0.2, 0.25) is 0 Å². The zero-order valence-corrected chi connectivity index (χ0v) is 23.2. The predicted octanol–water partition coefficient (Wildman–Crippen LogP) is 7.74. The lowest BCUT2D eigenvalue weighted by Crippen LogP contribution is -2.38. The summed E-state index contributed by atoms with van der Waals surface area (Å²) >= 11 is 0. The van der Waals surface area contributed by atoms with Gasteiger partial charge in [0, 0.05) is 26.1 Å². The van der Waals surface area contributed by atoms with Crippen molar-refractivity contribution in [3.8, 4) is 11.5 Å². The van der Waals surface area contributed by atoms with E-state index in [4.69, 9.17) is 9.47 Å². The number of hydrogen-bond donors (Lipinski definition) is 0. The van der Waals surface area contributed by atoms with Gasteiger partial charge in [-0.25, -0.2) is 0 Å². The Hall–Kier alpha value is -2.54. The third-order valence-electron chi connectivity index (χ3n) is 6.62. The van der Waals surface area contributed by atoms with Crippen molar-refractivity contribution < 1.29 is 27.4 Å². The molecule has 208 valence electrons. The van der Waals surface area contributed by atoms with Crippen LogP contribution in [-0.4, -0.2) is 44.2 Å². The van der Waals surface area contributed by atoms with Crippen molar-refractivity contribution in [1.82, 2.24) is 4.90 Å². The summed E-state index contributed by atoms with van der Waals surface area (Å²) < 4.78 is 42.8. The van der Waals surface area contributed by atoms with E-state index in [9.17, 15) is 18.0 Å². The largest absolute Gasteiger partial charge is 0.497 e. The van der Waals surface area contributed by atoms with Crippen LogP contribution in [0.4, 0.5) is 13.2 Å². The van der Waals surface area contributed by atoms with Gasteiger partial charge in [-0.05, 0) is 48.4 Å². The van der Waals surface area contributed by atoms with Crippen LogP contribution in [0.5, 0.6) is 11.5 Å². The summed E-state index contributed by atoms with van der Waals surface area (Å²) in [5, 5.41) is 0. The number of hydrogen-bond acceptors (Lipinski definition) is 4. The van der Waals surface area contributed by atoms with Gasteiger partial charge in [0.2, 0.25) is 5.78 Å². The van der Waals surface area contributed by atoms with Gasteiger partial charge in [-0.2, -0.15) is 13.2 Å². The average Bonchev–Trinajstić information content (AvgIpc) is 2.88. The van der Waals surface area contributed by atoms with Crippen LogP contribution in [0.3, 0.4) is 0 Å². The molecule has 3 rings (SSSR count). The van der Waals surface area contributed by atoms with E-state index in [1.54, 1.807) is 14.2 Å². The molecule has 1 aliphatic rings. The zero-order valence-electron chi connectivity index (χ0n) is 23.2. The van der Waals surface area contributed by atoms with Gasteiger partial charge in [0.15, 0.2) is 0 Å². The maximum atomic E-state index is 10.8. The van der Waals surface area contributed by atoms with Gasteiger partial charge < -0.3 is 9.47 Å². The van der Waals surface area contributed by atoms with Gasteiger partial charge in [-0.3, -0.25) is 9.69 Å². The zero-order chi connectivity index (χ0) is 27.8. The van der Waals surface area contributed by atoms with Crippen LogP contribution in [0.15, 0.2) is 48.5 Å². The summed E-state index contributed by atoms with van der Waals surface area (Å²) in [5.74, 6) is 1.82. The number of rotatable bonds is 8. The Morgan fingerprint density at radius 3 is 2.19 bits per heavy atom. The molecule has 0 N–H and O–H groups in total. The molecule has 1 aliphatic heterocycles. The van der Waals surface area contributed by atoms with Crippen molar-refractivity contribution in [2.75, 3.05) is 27.3 Å². The summed E-state index contributed by atoms with van der Waals surface area (Å²) in [5.41, 5.74) is 2.66. The number of aryl methyl sites for hydroxylation is 1. The Kier molecular flexibility index (Phi) is 15.0. The molecule has 4 nitrogen and oxygen atoms in total. The Morgan fingerprint density at radius 2 is 1.70 bits per heavy atom. The molecule has 0 radical (unpaired) electrons. The van der Waals surface area contributed by atoms with Crippen molar-refractivity contribution in [3.05, 3.63) is 59.7 Å². The molecule has 2 atom stereocenters. The molecule has 1 fully saturated rings. The molecule has 0 aliphatic carbocycles. The third-order valence-corrected chi connectivity index (χ3v) is 6.62. The molecule has 0 spiro atoms. The maximum absolute atomic E-state index is 10.8. The van der Waals surface area contributed by atoms with E-state index in [2.05, 4.69) is 56.0 Å². The van der Waals surface area contributed by atoms with E-state index in [-0.39, 0.29) is 0 Å². The van der Waals surface area contributed by atoms with E-state index in [0.29, 0.717) is 6.92 Å². The lowest BCUT2D eigenvalue weighted by Gasteiger charge is -2.37. The highest BCUT2D eigenvalue weighted by Crippen LogP contribution is 2.28. The fourth-order valence-corrected chi connectivity index (χ4v) is 4.30. The number of ketones is 1. The molecule has 0 bridgehead atoms. The number of carbonyl (C=O) groups is 1. The van der Waals surface area contributed by atoms with Crippen molar-refractivity contribution in [2.24, 2.45) is 11.8 Å². The average molecular weight is 524 g/mol. The van der Waals surface area contributed by atoms with E-state index >= 15 is 0 Å². The van der Waals surface area contributed by atoms with Crippen molar-refractivity contribution in [2.45, 2.75) is 72.5 Å². The summed E-state index contributed by atoms with van der Waals surface area (Å²) in [6, 6.07) is 16.8. The normalized spacial score (nSPS) is 17.5. The fraction of sp³-hybridized carbons (Fsp3) is 0.567. The fourth-order valence-electron chi connectivity index (χ4n) is 4.30. The second-order valence-electron chi connectivity index (χ2n) is 9.47. The molecule has 7 heteroatoms. The number of methoxy groups -OCH3 is 2. The quantitative estimate of drug-likeness (QED) is 0.355. The minimum Gasteiger partial charge on any atom is -0.497 e. The Balaban J connectivity index is 0.000000311. The summed E-state index contributed by atoms with van der Waals surface area (Å²) in [7, 11) is 3.33. The molecule has 2 aromatic rings. The van der Waals surface area contributed by atoms with Crippen LogP contribution in [0.1, 0.15) is 64.5 Å². The smallest absolute Gasteiger partial charge is 0.449 e. The first kappa shape index (κ1) is 32.5. The minimum atomic E-state index is -4.64. The molecule has 1 saturated heterocycles. The van der Waals surface area contributed by atoms with Crippen molar-refractivity contribution in [1.29, 1.82) is 0 Å². The lowest BCUT2D eigenvalue weighted by molar-refractivity contribution is -0.168. The predicted molar refractivity (Wildman–Crippen MR) is 144 cm³/mol. The molecule has 37 heavy (non-hydrogen) atoms. The molecule has 0 amide bonds. The first-order valence-corrected chi connectivity index (χ1v) is 13.1. The third kappa shape index (κ3) is 12.5. The highest BCUT2D eigenvalue weighted by Gasteiger charge is 2.33. The van der Waals surface area contributed by atoms with Crippen molar-refractivity contribution in [3.63, 3.8) is 0 Å². The number of Topliss-reactive ketones (excluding diaryl/α,β-unsaturated/α-hetero) is 1. The van der Waals surface area contributed by atoms with Gasteiger partial charge in [0.1, 0.15) is 11.5 Å². The van der Waals surface area contributed by atoms with Crippen LogP contribution in [0.25, 0.3) is 0 Å². The number of nitrogens with zero attached hydrogens (tertiary/aromatic N) is 1. The molecule has 0 aromatic heterocycles. The van der Waals surface area contributed by atoms with Crippen LogP contribution in [-0.2, 0) is 17.8 Å². The first-order valence-electron chi connectivity index (χ1n) is 13.1. The monoisotopic (exact) mass is 523 g/mol. The number of unbranched alkanes of at least 4 members (excludes halogenated alkanes) is 1. The van der Waals surface area contributed by atoms with Gasteiger partial charge in [0.05, 0.1) is 14.2 Å². The SMILES string of the molecule is CC(=O)C(F)(F)F.CCCC[C@@H]1CCN(Cc2ccccc2)CC1C.CCc1ccc(OC)cc1OC. The second-order valence-corrected chi connectivity index (χ2v) is 9.47. The lowest BCUT2D eigenvalue weighted by atomic mass is 9.83. The van der Waals surface area contributed by atoms with Gasteiger partial charge in [-0.1, -0.05) is 76.4 Å². The van der Waals surface area contributed by atoms with Crippen molar-refractivity contribution >= 4 is 5.78 Å². The standard InChI is InChI=1S/C17H27N.C10H14O2.C3H3F3O/c1-3-4-10-17-11-12-18(13-15(17)2)14-16-8-6-5-7-9-16;1-4-8-5-6-9(11-2)7-10(8)12-3;1-2(7)3(4,5)6/h5-9,15,17H,3-4,10-14H2,1-2H3;5-7H,4H2,1-3H3;1H3/t15?,17-;;/m1../s1. The summed E-state index contributed by atoms with van der Waals surface area (Å²) in [6.45, 7) is 11.0. The molecular weight excluding hydrogens is 479 g/mol. The molecular formula is C30H44F3NO3. The van der Waals surface area contributed by atoms with E-state index in [0.717, 1.165) is 36.3 Å². The number of halogens is 3. The van der Waals surface area contributed by atoms with Gasteiger partial charge in [0.25, 0.3) is 0 Å². The van der Waals surface area contributed by atoms with Gasteiger partial charge >= 0.3 is 6.18 Å². The molecule has 0 saturated carbocycles. The topological polar surface area (TPSA) is 38.8 Å².